The van der Waals surface area contributed by atoms with E-state index < -0.39 is 0 Å². The van der Waals surface area contributed by atoms with Gasteiger partial charge >= 0.3 is 0 Å². The molecule has 0 aromatic rings. The molecule has 4 nitrogen and oxygen atoms in total. The van der Waals surface area contributed by atoms with E-state index in [2.05, 4.69) is 5.32 Å². The van der Waals surface area contributed by atoms with Crippen LogP contribution in [0, 0.1) is 11.8 Å². The summed E-state index contributed by atoms with van der Waals surface area (Å²) in [5, 5.41) is 12.0. The summed E-state index contributed by atoms with van der Waals surface area (Å²) >= 11 is 0. The van der Waals surface area contributed by atoms with Crippen LogP contribution in [0.2, 0.25) is 0 Å². The van der Waals surface area contributed by atoms with E-state index in [0.717, 1.165) is 32.6 Å². The van der Waals surface area contributed by atoms with Gasteiger partial charge in [0.15, 0.2) is 0 Å². The maximum absolute atomic E-state index is 11.7. The first-order chi connectivity index (χ1) is 6.31. The number of nitrogens with zero attached hydrogens (tertiary/aromatic N) is 1. The number of aliphatic hydroxyl groups excluding tert-OH is 1. The summed E-state index contributed by atoms with van der Waals surface area (Å²) < 4.78 is 0. The first kappa shape index (κ1) is 8.97. The fourth-order valence-corrected chi connectivity index (χ4v) is 1.90. The molecule has 2 fully saturated rings. The minimum atomic E-state index is 0.206. The zero-order valence-electron chi connectivity index (χ0n) is 7.70. The topological polar surface area (TPSA) is 52.6 Å². The molecule has 13 heavy (non-hydrogen) atoms. The molecule has 2 aliphatic rings. The predicted molar refractivity (Wildman–Crippen MR) is 48.1 cm³/mol. The summed E-state index contributed by atoms with van der Waals surface area (Å²) in [5.41, 5.74) is 0. The molecule has 2 rings (SSSR count). The fourth-order valence-electron chi connectivity index (χ4n) is 1.90. The summed E-state index contributed by atoms with van der Waals surface area (Å²) in [6.45, 7) is 3.47. The largest absolute Gasteiger partial charge is 0.396 e. The van der Waals surface area contributed by atoms with Crippen LogP contribution < -0.4 is 5.32 Å². The Labute approximate surface area is 77.9 Å². The molecule has 2 aliphatic heterocycles. The third-order valence-electron chi connectivity index (χ3n) is 2.99. The Morgan fingerprint density at radius 2 is 2.31 bits per heavy atom. The summed E-state index contributed by atoms with van der Waals surface area (Å²) in [4.78, 5) is 13.6. The minimum absolute atomic E-state index is 0.206. The van der Waals surface area contributed by atoms with Crippen molar-refractivity contribution < 1.29 is 9.90 Å². The number of hydrogen-bond donors (Lipinski definition) is 2. The Kier molecular flexibility index (Phi) is 2.51. The van der Waals surface area contributed by atoms with Crippen molar-refractivity contribution in [3.63, 3.8) is 0 Å². The molecule has 74 valence electrons. The van der Waals surface area contributed by atoms with Crippen LogP contribution in [0.5, 0.6) is 0 Å². The molecule has 2 heterocycles. The Bertz CT molecular complexity index is 204. The maximum Gasteiger partial charge on any atom is 0.228 e. The van der Waals surface area contributed by atoms with Crippen LogP contribution in [0.25, 0.3) is 0 Å². The molecule has 0 unspecified atom stereocenters. The number of nitrogens with one attached hydrogen (secondary N) is 1. The van der Waals surface area contributed by atoms with Gasteiger partial charge in [-0.15, -0.1) is 0 Å². The van der Waals surface area contributed by atoms with Crippen LogP contribution in [0.1, 0.15) is 6.42 Å². The molecule has 0 aliphatic carbocycles. The van der Waals surface area contributed by atoms with Gasteiger partial charge in [-0.2, -0.15) is 0 Å². The van der Waals surface area contributed by atoms with Crippen LogP contribution in [0.4, 0.5) is 0 Å². The third-order valence-corrected chi connectivity index (χ3v) is 2.99. The molecule has 1 atom stereocenters. The van der Waals surface area contributed by atoms with Gasteiger partial charge in [-0.05, 0) is 6.42 Å². The maximum atomic E-state index is 11.7. The van der Waals surface area contributed by atoms with Gasteiger partial charge in [0.05, 0.1) is 5.92 Å². The highest BCUT2D eigenvalue weighted by atomic mass is 16.3. The number of carbonyl (C=O) groups is 1. The van der Waals surface area contributed by atoms with E-state index in [1.165, 1.54) is 0 Å². The molecule has 0 aromatic heterocycles. The predicted octanol–water partition coefficient (Wildman–Crippen LogP) is -0.953. The molecular formula is C9H16N2O2. The molecular weight excluding hydrogens is 168 g/mol. The molecule has 0 saturated carbocycles. The molecule has 1 amide bonds. The van der Waals surface area contributed by atoms with Gasteiger partial charge < -0.3 is 15.3 Å². The summed E-state index contributed by atoms with van der Waals surface area (Å²) in [6.07, 6.45) is 0.961. The molecule has 0 bridgehead atoms. The van der Waals surface area contributed by atoms with Crippen molar-refractivity contribution in [1.82, 2.24) is 10.2 Å². The standard InChI is InChI=1S/C9H16N2O2/c12-6-7-1-2-11(5-7)9(13)8-3-10-4-8/h7-8,10,12H,1-6H2/t7-/m0/s1. The van der Waals surface area contributed by atoms with Crippen molar-refractivity contribution in [1.29, 1.82) is 0 Å². The van der Waals surface area contributed by atoms with E-state index in [4.69, 9.17) is 5.11 Å². The van der Waals surface area contributed by atoms with Crippen LogP contribution in [-0.2, 0) is 4.79 Å². The highest BCUT2D eigenvalue weighted by molar-refractivity contribution is 5.80. The van der Waals surface area contributed by atoms with Gasteiger partial charge in [0.25, 0.3) is 0 Å². The monoisotopic (exact) mass is 184 g/mol. The third kappa shape index (κ3) is 1.69. The second-order valence-electron chi connectivity index (χ2n) is 3.98. The zero-order valence-corrected chi connectivity index (χ0v) is 7.70. The Morgan fingerprint density at radius 1 is 1.54 bits per heavy atom. The average Bonchev–Trinajstić information content (AvgIpc) is 2.48. The lowest BCUT2D eigenvalue weighted by Crippen LogP contribution is -2.51. The second kappa shape index (κ2) is 3.64. The summed E-state index contributed by atoms with van der Waals surface area (Å²) in [5.74, 6) is 0.795. The van der Waals surface area contributed by atoms with Gasteiger partial charge in [-0.25, -0.2) is 0 Å². The summed E-state index contributed by atoms with van der Waals surface area (Å²) in [7, 11) is 0. The molecule has 0 spiro atoms. The first-order valence-electron chi connectivity index (χ1n) is 4.91. The van der Waals surface area contributed by atoms with Crippen molar-refractivity contribution in [3.05, 3.63) is 0 Å². The Hall–Kier alpha value is -0.610. The number of aliphatic hydroxyl groups is 1. The van der Waals surface area contributed by atoms with Gasteiger partial charge in [0.1, 0.15) is 0 Å². The number of hydrogen-bond acceptors (Lipinski definition) is 3. The van der Waals surface area contributed by atoms with Gasteiger partial charge in [0.2, 0.25) is 5.91 Å². The minimum Gasteiger partial charge on any atom is -0.396 e. The SMILES string of the molecule is O=C(C1CNC1)N1CC[C@H](CO)C1. The normalized spacial score (nSPS) is 29.0. The molecule has 2 N–H and O–H groups in total. The fraction of sp³-hybridized carbons (Fsp3) is 0.889. The van der Waals surface area contributed by atoms with Crippen molar-refractivity contribution in [3.8, 4) is 0 Å². The molecule has 2 saturated heterocycles. The highest BCUT2D eigenvalue weighted by Crippen LogP contribution is 2.18. The van der Waals surface area contributed by atoms with Crippen molar-refractivity contribution in [2.45, 2.75) is 6.42 Å². The first-order valence-corrected chi connectivity index (χ1v) is 4.91. The zero-order chi connectivity index (χ0) is 9.26. The van der Waals surface area contributed by atoms with Crippen LogP contribution in [-0.4, -0.2) is 48.7 Å². The van der Waals surface area contributed by atoms with Crippen LogP contribution in [0.3, 0.4) is 0 Å². The average molecular weight is 184 g/mol. The Balaban J connectivity index is 1.84. The number of rotatable bonds is 2. The van der Waals surface area contributed by atoms with Crippen molar-refractivity contribution >= 4 is 5.91 Å². The quantitative estimate of drug-likeness (QED) is 0.581. The second-order valence-corrected chi connectivity index (χ2v) is 3.98. The molecule has 0 radical (unpaired) electrons. The van der Waals surface area contributed by atoms with Crippen molar-refractivity contribution in [2.75, 3.05) is 32.8 Å². The van der Waals surface area contributed by atoms with E-state index in [1.807, 2.05) is 4.90 Å². The smallest absolute Gasteiger partial charge is 0.228 e. The number of amides is 1. The van der Waals surface area contributed by atoms with Crippen LogP contribution in [0.15, 0.2) is 0 Å². The van der Waals surface area contributed by atoms with Gasteiger partial charge in [0, 0.05) is 38.7 Å². The highest BCUT2D eigenvalue weighted by Gasteiger charge is 2.33. The molecule has 0 aromatic carbocycles. The summed E-state index contributed by atoms with van der Waals surface area (Å²) in [6, 6.07) is 0. The lowest BCUT2D eigenvalue weighted by atomic mass is 10.0. The van der Waals surface area contributed by atoms with Crippen LogP contribution >= 0.6 is 0 Å². The number of likely N-dealkylation sites (tertiary alicyclic amines) is 1. The van der Waals surface area contributed by atoms with E-state index in [0.29, 0.717) is 5.92 Å². The van der Waals surface area contributed by atoms with Crippen molar-refractivity contribution in [2.24, 2.45) is 11.8 Å². The number of carbonyl (C=O) groups excluding carboxylic acids is 1. The lowest BCUT2D eigenvalue weighted by molar-refractivity contribution is -0.136. The van der Waals surface area contributed by atoms with Gasteiger partial charge in [-0.3, -0.25) is 4.79 Å². The molecule has 4 heteroatoms. The van der Waals surface area contributed by atoms with Gasteiger partial charge in [-0.1, -0.05) is 0 Å². The van der Waals surface area contributed by atoms with E-state index in [1.54, 1.807) is 0 Å². The lowest BCUT2D eigenvalue weighted by Gasteiger charge is -2.30. The van der Waals surface area contributed by atoms with E-state index in [-0.39, 0.29) is 18.4 Å². The van der Waals surface area contributed by atoms with E-state index >= 15 is 0 Å². The van der Waals surface area contributed by atoms with E-state index in [9.17, 15) is 4.79 Å². The Morgan fingerprint density at radius 3 is 2.77 bits per heavy atom.